The number of hydrogen-bond donors (Lipinski definition) is 0. The second-order valence-electron chi connectivity index (χ2n) is 1.89. The van der Waals surface area contributed by atoms with Crippen molar-refractivity contribution >= 4 is 0 Å². The lowest BCUT2D eigenvalue weighted by atomic mass is 10.2. The van der Waals surface area contributed by atoms with E-state index in [0.29, 0.717) is 0 Å². The van der Waals surface area contributed by atoms with Crippen molar-refractivity contribution in [2.75, 3.05) is 0 Å². The van der Waals surface area contributed by atoms with E-state index >= 15 is 0 Å². The first-order valence-corrected chi connectivity index (χ1v) is 4.09. The van der Waals surface area contributed by atoms with Crippen molar-refractivity contribution in [2.24, 2.45) is 0 Å². The van der Waals surface area contributed by atoms with Gasteiger partial charge in [0.1, 0.15) is 0 Å². The topological polar surface area (TPSA) is 0 Å². The molecule has 60 valence electrons. The third kappa shape index (κ3) is 10.5. The van der Waals surface area contributed by atoms with Gasteiger partial charge in [0.2, 0.25) is 0 Å². The van der Waals surface area contributed by atoms with E-state index in [4.69, 9.17) is 0 Å². The van der Waals surface area contributed by atoms with Gasteiger partial charge in [-0.1, -0.05) is 44.6 Å². The van der Waals surface area contributed by atoms with Crippen molar-refractivity contribution < 1.29 is 0 Å². The van der Waals surface area contributed by atoms with Gasteiger partial charge in [0.05, 0.1) is 0 Å². The molecule has 0 aliphatic heterocycles. The molecule has 10 heavy (non-hydrogen) atoms. The van der Waals surface area contributed by atoms with E-state index in [2.05, 4.69) is 26.0 Å². The molecular weight excluding hydrogens is 120 g/mol. The average molecular weight is 140 g/mol. The minimum Gasteiger partial charge on any atom is -0.0877 e. The molecule has 0 bridgehead atoms. The van der Waals surface area contributed by atoms with Crippen LogP contribution in [0.25, 0.3) is 0 Å². The maximum absolute atomic E-state index is 2.16. The van der Waals surface area contributed by atoms with E-state index in [1.165, 1.54) is 5.57 Å². The normalized spacial score (nSPS) is 11.1. The molecule has 0 spiro atoms. The highest BCUT2D eigenvalue weighted by molar-refractivity contribution is 5.08. The summed E-state index contributed by atoms with van der Waals surface area (Å²) < 4.78 is 0. The zero-order valence-electron chi connectivity index (χ0n) is 7.94. The van der Waals surface area contributed by atoms with Crippen LogP contribution in [0.15, 0.2) is 23.8 Å². The van der Waals surface area contributed by atoms with Gasteiger partial charge in [-0.25, -0.2) is 0 Å². The molecule has 0 aliphatic carbocycles. The van der Waals surface area contributed by atoms with E-state index in [-0.39, 0.29) is 0 Å². The monoisotopic (exact) mass is 140 g/mol. The number of rotatable bonds is 2. The van der Waals surface area contributed by atoms with Gasteiger partial charge in [0, 0.05) is 0 Å². The van der Waals surface area contributed by atoms with Crippen LogP contribution in [0.2, 0.25) is 0 Å². The molecule has 0 saturated carbocycles. The van der Waals surface area contributed by atoms with Crippen LogP contribution in [0.4, 0.5) is 0 Å². The van der Waals surface area contributed by atoms with Crippen LogP contribution in [0.5, 0.6) is 0 Å². The van der Waals surface area contributed by atoms with Crippen LogP contribution < -0.4 is 0 Å². The maximum atomic E-state index is 2.16. The highest BCUT2D eigenvalue weighted by Gasteiger charge is 1.75. The lowest BCUT2D eigenvalue weighted by Gasteiger charge is -1.87. The van der Waals surface area contributed by atoms with Crippen molar-refractivity contribution in [1.29, 1.82) is 0 Å². The minimum absolute atomic E-state index is 1.16. The van der Waals surface area contributed by atoms with E-state index < -0.39 is 0 Å². The Labute approximate surface area is 65.7 Å². The average Bonchev–Trinajstić information content (AvgIpc) is 2.04. The second-order valence-corrected chi connectivity index (χ2v) is 1.89. The molecule has 0 aliphatic rings. The summed E-state index contributed by atoms with van der Waals surface area (Å²) in [6.45, 7) is 10.3. The Morgan fingerprint density at radius 1 is 1.30 bits per heavy atom. The van der Waals surface area contributed by atoms with Crippen LogP contribution in [0, 0.1) is 0 Å². The summed E-state index contributed by atoms with van der Waals surface area (Å²) in [5.74, 6) is 0. The summed E-state index contributed by atoms with van der Waals surface area (Å²) in [4.78, 5) is 0. The molecule has 0 aromatic heterocycles. The smallest absolute Gasteiger partial charge is 0.0349 e. The standard InChI is InChI=1S/C8H14.C2H6/c1-4-6-7-8(3)5-2;1-2/h4,6-7H,5H2,1-3H3;1-2H3/b6-4-,8-7+;. The molecular formula is C10H20. The van der Waals surface area contributed by atoms with Crippen molar-refractivity contribution in [1.82, 2.24) is 0 Å². The fourth-order valence-corrected chi connectivity index (χ4v) is 0.378. The van der Waals surface area contributed by atoms with Gasteiger partial charge >= 0.3 is 0 Å². The zero-order chi connectivity index (χ0) is 8.41. The Morgan fingerprint density at radius 2 is 1.80 bits per heavy atom. The van der Waals surface area contributed by atoms with Crippen molar-refractivity contribution in [3.63, 3.8) is 0 Å². The first-order valence-electron chi connectivity index (χ1n) is 4.09. The lowest BCUT2D eigenvalue weighted by Crippen LogP contribution is -1.66. The van der Waals surface area contributed by atoms with Crippen LogP contribution >= 0.6 is 0 Å². The predicted octanol–water partition coefficient (Wildman–Crippen LogP) is 3.95. The summed E-state index contributed by atoms with van der Waals surface area (Å²) in [7, 11) is 0. The van der Waals surface area contributed by atoms with Crippen LogP contribution in [-0.2, 0) is 0 Å². The molecule has 0 radical (unpaired) electrons. The molecule has 0 aromatic rings. The molecule has 0 N–H and O–H groups in total. The lowest BCUT2D eigenvalue weighted by molar-refractivity contribution is 1.10. The molecule has 0 rings (SSSR count). The Balaban J connectivity index is 0. The maximum Gasteiger partial charge on any atom is -0.0349 e. The second kappa shape index (κ2) is 11.3. The summed E-state index contributed by atoms with van der Waals surface area (Å²) in [5, 5.41) is 0. The summed E-state index contributed by atoms with van der Waals surface area (Å²) >= 11 is 0. The van der Waals surface area contributed by atoms with Gasteiger partial charge in [-0.05, 0) is 20.3 Å². The Morgan fingerprint density at radius 3 is 2.10 bits per heavy atom. The van der Waals surface area contributed by atoms with Gasteiger partial charge in [-0.15, -0.1) is 0 Å². The van der Waals surface area contributed by atoms with Gasteiger partial charge in [0.15, 0.2) is 0 Å². The van der Waals surface area contributed by atoms with Crippen molar-refractivity contribution in [3.8, 4) is 0 Å². The predicted molar refractivity (Wildman–Crippen MR) is 50.2 cm³/mol. The Hall–Kier alpha value is -0.520. The summed E-state index contributed by atoms with van der Waals surface area (Å²) in [5.41, 5.74) is 1.43. The molecule has 0 heteroatoms. The third-order valence-electron chi connectivity index (χ3n) is 1.13. The van der Waals surface area contributed by atoms with Crippen LogP contribution in [0.1, 0.15) is 41.0 Å². The van der Waals surface area contributed by atoms with Crippen molar-refractivity contribution in [2.45, 2.75) is 41.0 Å². The van der Waals surface area contributed by atoms with Gasteiger partial charge < -0.3 is 0 Å². The molecule has 0 fully saturated rings. The summed E-state index contributed by atoms with van der Waals surface area (Å²) in [6.07, 6.45) is 7.41. The van der Waals surface area contributed by atoms with E-state index in [9.17, 15) is 0 Å². The molecule has 0 heterocycles. The fourth-order valence-electron chi connectivity index (χ4n) is 0.378. The van der Waals surface area contributed by atoms with E-state index in [0.717, 1.165) is 6.42 Å². The molecule has 0 saturated heterocycles. The van der Waals surface area contributed by atoms with Crippen molar-refractivity contribution in [3.05, 3.63) is 23.8 Å². The number of allylic oxidation sites excluding steroid dienone is 4. The van der Waals surface area contributed by atoms with Gasteiger partial charge in [-0.2, -0.15) is 0 Å². The largest absolute Gasteiger partial charge is 0.0877 e. The molecule has 0 aromatic carbocycles. The van der Waals surface area contributed by atoms with Gasteiger partial charge in [0.25, 0.3) is 0 Å². The molecule has 0 amide bonds. The Bertz CT molecular complexity index is 96.6. The SMILES string of the molecule is C/C=C\C=C(/C)CC.CC. The highest BCUT2D eigenvalue weighted by Crippen LogP contribution is 1.96. The summed E-state index contributed by atoms with van der Waals surface area (Å²) in [6, 6.07) is 0. The highest BCUT2D eigenvalue weighted by atomic mass is 13.8. The first-order chi connectivity index (χ1) is 4.81. The zero-order valence-corrected chi connectivity index (χ0v) is 7.94. The first kappa shape index (κ1) is 12.2. The number of hydrogen-bond acceptors (Lipinski definition) is 0. The fraction of sp³-hybridized carbons (Fsp3) is 0.600. The molecule has 0 nitrogen and oxygen atoms in total. The Kier molecular flexibility index (Phi) is 13.8. The quantitative estimate of drug-likeness (QED) is 0.509. The molecule has 0 unspecified atom stereocenters. The van der Waals surface area contributed by atoms with E-state index in [1.807, 2.05) is 26.8 Å². The third-order valence-corrected chi connectivity index (χ3v) is 1.13. The van der Waals surface area contributed by atoms with E-state index in [1.54, 1.807) is 0 Å². The van der Waals surface area contributed by atoms with Crippen LogP contribution in [0.3, 0.4) is 0 Å². The van der Waals surface area contributed by atoms with Crippen LogP contribution in [-0.4, -0.2) is 0 Å². The van der Waals surface area contributed by atoms with Gasteiger partial charge in [-0.3, -0.25) is 0 Å². The molecule has 0 atom stereocenters. The minimum atomic E-state index is 1.16.